The van der Waals surface area contributed by atoms with Gasteiger partial charge in [-0.25, -0.2) is 4.79 Å². The lowest BCUT2D eigenvalue weighted by molar-refractivity contribution is -0.123. The highest BCUT2D eigenvalue weighted by Gasteiger charge is 2.33. The maximum absolute atomic E-state index is 13.1. The third-order valence-electron chi connectivity index (χ3n) is 6.53. The molecule has 1 aliphatic rings. The molecule has 4 aromatic rings. The number of imide groups is 1. The van der Waals surface area contributed by atoms with Gasteiger partial charge in [0.05, 0.1) is 13.2 Å². The van der Waals surface area contributed by atoms with Crippen molar-refractivity contribution in [3.63, 3.8) is 0 Å². The number of amides is 3. The van der Waals surface area contributed by atoms with Crippen molar-refractivity contribution >= 4 is 28.8 Å². The Morgan fingerprint density at radius 2 is 1.67 bits per heavy atom. The Balaban J connectivity index is 1.44. The third kappa shape index (κ3) is 5.70. The van der Waals surface area contributed by atoms with Gasteiger partial charge in [-0.1, -0.05) is 78.9 Å². The predicted molar refractivity (Wildman–Crippen MR) is 153 cm³/mol. The minimum atomic E-state index is -0.443. The molecule has 0 unspecified atom stereocenters. The second-order valence-corrected chi connectivity index (χ2v) is 9.23. The van der Waals surface area contributed by atoms with Crippen molar-refractivity contribution in [3.05, 3.63) is 126 Å². The molecule has 39 heavy (non-hydrogen) atoms. The fourth-order valence-electron chi connectivity index (χ4n) is 4.72. The highest BCUT2D eigenvalue weighted by Crippen LogP contribution is 2.36. The van der Waals surface area contributed by atoms with Crippen LogP contribution in [0.4, 0.5) is 4.79 Å². The fraction of sp³-hybridized carbons (Fsp3) is 0.152. The van der Waals surface area contributed by atoms with Crippen molar-refractivity contribution in [1.29, 1.82) is 0 Å². The van der Waals surface area contributed by atoms with Gasteiger partial charge in [0.25, 0.3) is 5.91 Å². The normalized spacial score (nSPS) is 14.1. The van der Waals surface area contributed by atoms with E-state index in [1.807, 2.05) is 67.6 Å². The summed E-state index contributed by atoms with van der Waals surface area (Å²) >= 11 is 0. The minimum Gasteiger partial charge on any atom is -0.490 e. The lowest BCUT2D eigenvalue weighted by Crippen LogP contribution is -2.30. The zero-order valence-electron chi connectivity index (χ0n) is 21.9. The van der Waals surface area contributed by atoms with E-state index in [0.29, 0.717) is 31.1 Å². The lowest BCUT2D eigenvalue weighted by Gasteiger charge is -2.17. The smallest absolute Gasteiger partial charge is 0.329 e. The zero-order valence-corrected chi connectivity index (χ0v) is 21.9. The molecule has 0 saturated carbocycles. The number of fused-ring (bicyclic) bond motifs is 1. The number of nitrogens with one attached hydrogen (secondary N) is 1. The number of benzene rings is 4. The highest BCUT2D eigenvalue weighted by atomic mass is 16.5. The van der Waals surface area contributed by atoms with Crippen molar-refractivity contribution in [2.24, 2.45) is 0 Å². The van der Waals surface area contributed by atoms with Crippen molar-refractivity contribution in [2.75, 3.05) is 6.61 Å². The summed E-state index contributed by atoms with van der Waals surface area (Å²) in [4.78, 5) is 26.9. The number of hydrogen-bond donors (Lipinski definition) is 1. The second kappa shape index (κ2) is 11.7. The van der Waals surface area contributed by atoms with Crippen LogP contribution in [0.15, 0.2) is 103 Å². The first-order valence-electron chi connectivity index (χ1n) is 13.0. The summed E-state index contributed by atoms with van der Waals surface area (Å²) in [6.07, 6.45) is 4.02. The Morgan fingerprint density at radius 1 is 0.897 bits per heavy atom. The van der Waals surface area contributed by atoms with Gasteiger partial charge in [0, 0.05) is 5.56 Å². The summed E-state index contributed by atoms with van der Waals surface area (Å²) in [6, 6.07) is 27.1. The molecule has 0 atom stereocenters. The molecular weight excluding hydrogens is 488 g/mol. The average molecular weight is 519 g/mol. The molecule has 0 aromatic heterocycles. The molecule has 5 rings (SSSR count). The van der Waals surface area contributed by atoms with Crippen LogP contribution in [0.25, 0.3) is 16.8 Å². The van der Waals surface area contributed by atoms with Gasteiger partial charge in [0.2, 0.25) is 0 Å². The van der Waals surface area contributed by atoms with Crippen molar-refractivity contribution in [1.82, 2.24) is 10.2 Å². The molecule has 0 spiro atoms. The summed E-state index contributed by atoms with van der Waals surface area (Å²) in [5, 5.41) is 5.00. The van der Waals surface area contributed by atoms with Gasteiger partial charge in [0.1, 0.15) is 12.3 Å². The molecule has 6 heteroatoms. The lowest BCUT2D eigenvalue weighted by atomic mass is 10.0. The van der Waals surface area contributed by atoms with Gasteiger partial charge in [-0.3, -0.25) is 9.69 Å². The molecule has 196 valence electrons. The van der Waals surface area contributed by atoms with Crippen molar-refractivity contribution < 1.29 is 19.1 Å². The molecule has 0 aliphatic carbocycles. The quantitative estimate of drug-likeness (QED) is 0.145. The number of hydrogen-bond acceptors (Lipinski definition) is 4. The van der Waals surface area contributed by atoms with E-state index in [0.717, 1.165) is 33.0 Å². The zero-order chi connectivity index (χ0) is 27.2. The van der Waals surface area contributed by atoms with Crippen LogP contribution >= 0.6 is 0 Å². The number of rotatable bonds is 10. The van der Waals surface area contributed by atoms with Crippen LogP contribution in [-0.2, 0) is 24.4 Å². The number of urea groups is 1. The van der Waals surface area contributed by atoms with Gasteiger partial charge in [-0.15, -0.1) is 6.58 Å². The van der Waals surface area contributed by atoms with Crippen LogP contribution in [0.3, 0.4) is 0 Å². The number of carbonyl (C=O) groups excluding carboxylic acids is 2. The van der Waals surface area contributed by atoms with E-state index in [9.17, 15) is 9.59 Å². The Morgan fingerprint density at radius 3 is 2.46 bits per heavy atom. The van der Waals surface area contributed by atoms with E-state index >= 15 is 0 Å². The molecule has 1 aliphatic heterocycles. The van der Waals surface area contributed by atoms with Gasteiger partial charge < -0.3 is 14.8 Å². The largest absolute Gasteiger partial charge is 0.490 e. The summed E-state index contributed by atoms with van der Waals surface area (Å²) < 4.78 is 12.4. The van der Waals surface area contributed by atoms with E-state index < -0.39 is 6.03 Å². The molecule has 3 amide bonds. The van der Waals surface area contributed by atoms with E-state index in [-0.39, 0.29) is 18.1 Å². The molecule has 0 bridgehead atoms. The van der Waals surface area contributed by atoms with E-state index in [1.165, 1.54) is 4.90 Å². The Kier molecular flexibility index (Phi) is 7.73. The predicted octanol–water partition coefficient (Wildman–Crippen LogP) is 6.64. The monoisotopic (exact) mass is 518 g/mol. The first-order valence-corrected chi connectivity index (χ1v) is 13.0. The minimum absolute atomic E-state index is 0.204. The summed E-state index contributed by atoms with van der Waals surface area (Å²) in [5.74, 6) is 0.838. The van der Waals surface area contributed by atoms with Gasteiger partial charge in [0.15, 0.2) is 11.5 Å². The van der Waals surface area contributed by atoms with Gasteiger partial charge >= 0.3 is 6.03 Å². The Bertz CT molecular complexity index is 1550. The number of carbonyl (C=O) groups is 2. The maximum atomic E-state index is 13.1. The van der Waals surface area contributed by atoms with Crippen molar-refractivity contribution in [2.45, 2.75) is 26.5 Å². The maximum Gasteiger partial charge on any atom is 0.329 e. The molecular formula is C33H30N2O4. The Hall–Kier alpha value is -4.84. The van der Waals surface area contributed by atoms with Crippen LogP contribution < -0.4 is 14.8 Å². The molecule has 1 fully saturated rings. The number of nitrogens with zero attached hydrogens (tertiary/aromatic N) is 1. The van der Waals surface area contributed by atoms with Crippen LogP contribution in [0.2, 0.25) is 0 Å². The summed E-state index contributed by atoms with van der Waals surface area (Å²) in [6.45, 7) is 6.84. The van der Waals surface area contributed by atoms with E-state index in [1.54, 1.807) is 12.2 Å². The second-order valence-electron chi connectivity index (χ2n) is 9.23. The van der Waals surface area contributed by atoms with Crippen LogP contribution in [-0.4, -0.2) is 23.4 Å². The van der Waals surface area contributed by atoms with Gasteiger partial charge in [-0.2, -0.15) is 0 Å². The molecule has 4 aromatic carbocycles. The molecule has 1 N–H and O–H groups in total. The van der Waals surface area contributed by atoms with E-state index in [2.05, 4.69) is 36.2 Å². The topological polar surface area (TPSA) is 67.9 Å². The van der Waals surface area contributed by atoms with Crippen LogP contribution in [0.5, 0.6) is 11.5 Å². The standard InChI is InChI=1S/C33H30N2O4/c1-3-11-26-18-24(19-29-32(36)35(33(37)34-29)21-23-12-6-5-7-13-23)20-30(38-4-2)31(26)39-22-27-16-10-15-25-14-8-9-17-28(25)27/h3,5-10,12-20H,1,4,11,21-22H2,2H3,(H,34,37)/b29-19+. The number of ether oxygens (including phenoxy) is 2. The fourth-order valence-corrected chi connectivity index (χ4v) is 4.72. The average Bonchev–Trinajstić information content (AvgIpc) is 3.20. The molecule has 1 heterocycles. The first-order chi connectivity index (χ1) is 19.1. The summed E-state index contributed by atoms with van der Waals surface area (Å²) in [5.41, 5.74) is 3.76. The Labute approximate surface area is 228 Å². The first kappa shape index (κ1) is 25.8. The van der Waals surface area contributed by atoms with E-state index in [4.69, 9.17) is 9.47 Å². The van der Waals surface area contributed by atoms with Crippen LogP contribution in [0.1, 0.15) is 29.2 Å². The molecule has 1 saturated heterocycles. The van der Waals surface area contributed by atoms with Crippen molar-refractivity contribution in [3.8, 4) is 11.5 Å². The van der Waals surface area contributed by atoms with Gasteiger partial charge in [-0.05, 0) is 59.0 Å². The highest BCUT2D eigenvalue weighted by molar-refractivity contribution is 6.13. The SMILES string of the molecule is C=CCc1cc(/C=C2/NC(=O)N(Cc3ccccc3)C2=O)cc(OCC)c1OCc1cccc2ccccc12. The summed E-state index contributed by atoms with van der Waals surface area (Å²) in [7, 11) is 0. The molecule has 0 radical (unpaired) electrons. The molecule has 6 nitrogen and oxygen atoms in total. The van der Waals surface area contributed by atoms with Crippen LogP contribution in [0, 0.1) is 0 Å². The number of allylic oxidation sites excluding steroid dienone is 1. The third-order valence-corrected chi connectivity index (χ3v) is 6.53.